The predicted octanol–water partition coefficient (Wildman–Crippen LogP) is 0.249. The number of carbonyl (C=O) groups excluding carboxylic acids is 2. The SMILES string of the molecule is CC(C)C(N)C(=O)O[C@H]1[C@@H](O)[C@](C#N)(c2ccc3c(N)ncnn23)O[C@@H]1COCOC(=O)C(C)(C)C. The van der Waals surface area contributed by atoms with E-state index in [0.29, 0.717) is 5.52 Å². The number of nitrogen functional groups attached to an aromatic ring is 1. The number of hydrogen-bond acceptors (Lipinski definition) is 12. The lowest BCUT2D eigenvalue weighted by Crippen LogP contribution is -2.46. The summed E-state index contributed by atoms with van der Waals surface area (Å²) in [5.41, 5.74) is 9.63. The van der Waals surface area contributed by atoms with Crippen LogP contribution in [0.3, 0.4) is 0 Å². The van der Waals surface area contributed by atoms with Crippen LogP contribution >= 0.6 is 0 Å². The van der Waals surface area contributed by atoms with Crippen molar-refractivity contribution in [3.63, 3.8) is 0 Å². The van der Waals surface area contributed by atoms with Crippen LogP contribution in [0.2, 0.25) is 0 Å². The number of aromatic nitrogens is 3. The molecule has 1 fully saturated rings. The molecule has 0 aromatic carbocycles. The van der Waals surface area contributed by atoms with Gasteiger partial charge in [0.05, 0.1) is 17.7 Å². The Balaban J connectivity index is 1.90. The highest BCUT2D eigenvalue weighted by molar-refractivity contribution is 5.76. The fourth-order valence-corrected chi connectivity index (χ4v) is 3.64. The van der Waals surface area contributed by atoms with Crippen molar-refractivity contribution in [1.29, 1.82) is 5.26 Å². The van der Waals surface area contributed by atoms with Gasteiger partial charge in [-0.05, 0) is 38.8 Å². The number of nitrogens with two attached hydrogens (primary N) is 2. The smallest absolute Gasteiger partial charge is 0.323 e. The summed E-state index contributed by atoms with van der Waals surface area (Å²) >= 11 is 0. The molecule has 0 radical (unpaired) electrons. The summed E-state index contributed by atoms with van der Waals surface area (Å²) in [5, 5.41) is 25.6. The zero-order valence-corrected chi connectivity index (χ0v) is 20.9. The fraction of sp³-hybridized carbons (Fsp3) is 0.609. The summed E-state index contributed by atoms with van der Waals surface area (Å²) in [6.45, 7) is 7.89. The number of carbonyl (C=O) groups is 2. The maximum Gasteiger partial charge on any atom is 0.323 e. The van der Waals surface area contributed by atoms with Crippen molar-refractivity contribution in [3.8, 4) is 6.07 Å². The first-order chi connectivity index (χ1) is 16.8. The average Bonchev–Trinajstić information content (AvgIpc) is 3.36. The molecule has 0 aliphatic carbocycles. The number of aliphatic hydroxyl groups excluding tert-OH is 1. The van der Waals surface area contributed by atoms with Crippen LogP contribution in [0, 0.1) is 22.7 Å². The molecule has 0 amide bonds. The third kappa shape index (κ3) is 5.12. The van der Waals surface area contributed by atoms with Gasteiger partial charge in [0.25, 0.3) is 0 Å². The second-order valence-electron chi connectivity index (χ2n) is 9.95. The molecule has 36 heavy (non-hydrogen) atoms. The maximum atomic E-state index is 12.7. The molecular weight excluding hydrogens is 472 g/mol. The second kappa shape index (κ2) is 10.4. The molecule has 0 saturated carbocycles. The highest BCUT2D eigenvalue weighted by Crippen LogP contribution is 2.42. The second-order valence-corrected chi connectivity index (χ2v) is 9.95. The molecule has 5 atom stereocenters. The Morgan fingerprint density at radius 3 is 2.67 bits per heavy atom. The summed E-state index contributed by atoms with van der Waals surface area (Å²) in [4.78, 5) is 28.6. The van der Waals surface area contributed by atoms with Crippen LogP contribution in [0.15, 0.2) is 18.5 Å². The van der Waals surface area contributed by atoms with Crippen molar-refractivity contribution in [3.05, 3.63) is 24.2 Å². The van der Waals surface area contributed by atoms with Crippen molar-refractivity contribution in [2.45, 2.75) is 64.6 Å². The molecule has 3 rings (SSSR count). The lowest BCUT2D eigenvalue weighted by atomic mass is 9.92. The Hall–Kier alpha value is -3.31. The number of hydrogen-bond donors (Lipinski definition) is 3. The number of nitriles is 1. The highest BCUT2D eigenvalue weighted by Gasteiger charge is 2.60. The lowest BCUT2D eigenvalue weighted by molar-refractivity contribution is -0.172. The first kappa shape index (κ1) is 27.3. The van der Waals surface area contributed by atoms with Crippen LogP contribution < -0.4 is 11.5 Å². The molecule has 1 aliphatic heterocycles. The van der Waals surface area contributed by atoms with E-state index in [0.717, 1.165) is 0 Å². The van der Waals surface area contributed by atoms with E-state index < -0.39 is 54.1 Å². The summed E-state index contributed by atoms with van der Waals surface area (Å²) in [6.07, 6.45) is -2.89. The quantitative estimate of drug-likeness (QED) is 0.252. The minimum atomic E-state index is -2.00. The number of fused-ring (bicyclic) bond motifs is 1. The molecule has 0 bridgehead atoms. The van der Waals surface area contributed by atoms with Gasteiger partial charge in [-0.25, -0.2) is 9.50 Å². The Morgan fingerprint density at radius 1 is 1.36 bits per heavy atom. The number of aliphatic hydroxyl groups is 1. The molecule has 196 valence electrons. The summed E-state index contributed by atoms with van der Waals surface area (Å²) in [7, 11) is 0. The van der Waals surface area contributed by atoms with Gasteiger partial charge >= 0.3 is 11.9 Å². The number of nitrogens with zero attached hydrogens (tertiary/aromatic N) is 4. The summed E-state index contributed by atoms with van der Waals surface area (Å²) in [5.74, 6) is -1.34. The van der Waals surface area contributed by atoms with Crippen molar-refractivity contribution in [2.75, 3.05) is 19.1 Å². The van der Waals surface area contributed by atoms with E-state index in [4.69, 9.17) is 30.4 Å². The van der Waals surface area contributed by atoms with E-state index in [-0.39, 0.29) is 24.0 Å². The van der Waals surface area contributed by atoms with Crippen molar-refractivity contribution < 1.29 is 33.6 Å². The predicted molar refractivity (Wildman–Crippen MR) is 125 cm³/mol. The summed E-state index contributed by atoms with van der Waals surface area (Å²) < 4.78 is 23.4. The third-order valence-corrected chi connectivity index (χ3v) is 5.87. The first-order valence-corrected chi connectivity index (χ1v) is 11.4. The van der Waals surface area contributed by atoms with Crippen molar-refractivity contribution in [1.82, 2.24) is 14.6 Å². The molecule has 1 aliphatic rings. The Labute approximate surface area is 208 Å². The van der Waals surface area contributed by atoms with Crippen LogP contribution in [0.5, 0.6) is 0 Å². The van der Waals surface area contributed by atoms with Crippen LogP contribution in [0.4, 0.5) is 5.82 Å². The lowest BCUT2D eigenvalue weighted by Gasteiger charge is -2.25. The minimum absolute atomic E-state index is 0.150. The van der Waals surface area contributed by atoms with Gasteiger partial charge in [0.2, 0.25) is 5.60 Å². The van der Waals surface area contributed by atoms with Gasteiger partial charge in [-0.2, -0.15) is 10.4 Å². The zero-order chi connectivity index (χ0) is 26.8. The van der Waals surface area contributed by atoms with Crippen LogP contribution in [0.1, 0.15) is 40.3 Å². The van der Waals surface area contributed by atoms with Crippen molar-refractivity contribution in [2.24, 2.45) is 17.1 Å². The number of anilines is 1. The standard InChI is InChI=1S/C23H32N6O7/c1-12(2)16(25)20(31)35-17-14(8-33-11-34-21(32)22(3,4)5)36-23(9-24,18(17)30)15-7-6-13-19(26)27-10-28-29(13)15/h6-7,10,12,14,16-18,30H,8,11,25H2,1-5H3,(H2,26,27,28)/t14-,16?,17-,18-,23+/m1/s1. The van der Waals surface area contributed by atoms with Gasteiger partial charge in [0, 0.05) is 0 Å². The van der Waals surface area contributed by atoms with Crippen LogP contribution in [-0.2, 0) is 34.1 Å². The molecule has 2 aromatic heterocycles. The summed E-state index contributed by atoms with van der Waals surface area (Å²) in [6, 6.07) is 4.12. The highest BCUT2D eigenvalue weighted by atomic mass is 16.7. The van der Waals surface area contributed by atoms with Crippen molar-refractivity contribution >= 4 is 23.3 Å². The zero-order valence-electron chi connectivity index (χ0n) is 20.9. The number of rotatable bonds is 8. The third-order valence-electron chi connectivity index (χ3n) is 5.87. The first-order valence-electron chi connectivity index (χ1n) is 11.4. The van der Waals surface area contributed by atoms with E-state index in [2.05, 4.69) is 10.1 Å². The van der Waals surface area contributed by atoms with Gasteiger partial charge in [0.15, 0.2) is 18.7 Å². The van der Waals surface area contributed by atoms with E-state index in [9.17, 15) is 20.0 Å². The molecule has 1 unspecified atom stereocenters. The molecule has 13 nitrogen and oxygen atoms in total. The Bertz CT molecular complexity index is 1150. The fourth-order valence-electron chi connectivity index (χ4n) is 3.64. The van der Waals surface area contributed by atoms with Gasteiger partial charge < -0.3 is 35.5 Å². The van der Waals surface area contributed by atoms with E-state index in [1.165, 1.54) is 16.9 Å². The van der Waals surface area contributed by atoms with Gasteiger partial charge in [-0.1, -0.05) is 13.8 Å². The average molecular weight is 505 g/mol. The normalized spacial score (nSPS) is 25.0. The number of ether oxygens (including phenoxy) is 4. The molecule has 1 saturated heterocycles. The molecule has 13 heteroatoms. The largest absolute Gasteiger partial charge is 0.455 e. The van der Waals surface area contributed by atoms with Crippen LogP contribution in [0.25, 0.3) is 5.52 Å². The molecule has 3 heterocycles. The maximum absolute atomic E-state index is 12.7. The van der Waals surface area contributed by atoms with E-state index >= 15 is 0 Å². The molecule has 2 aromatic rings. The minimum Gasteiger partial charge on any atom is -0.455 e. The van der Waals surface area contributed by atoms with Gasteiger partial charge in [0.1, 0.15) is 36.2 Å². The Kier molecular flexibility index (Phi) is 7.85. The molecule has 0 spiro atoms. The molecule has 5 N–H and O–H groups in total. The Morgan fingerprint density at radius 2 is 2.06 bits per heavy atom. The topological polar surface area (TPSA) is 197 Å². The monoisotopic (exact) mass is 504 g/mol. The number of esters is 2. The van der Waals surface area contributed by atoms with Crippen LogP contribution in [-0.4, -0.2) is 69.4 Å². The van der Waals surface area contributed by atoms with Gasteiger partial charge in [-0.3, -0.25) is 9.59 Å². The molecular formula is C23H32N6O7. The van der Waals surface area contributed by atoms with Gasteiger partial charge in [-0.15, -0.1) is 0 Å². The van der Waals surface area contributed by atoms with E-state index in [1.807, 2.05) is 6.07 Å². The van der Waals surface area contributed by atoms with E-state index in [1.54, 1.807) is 40.7 Å².